The van der Waals surface area contributed by atoms with Crippen LogP contribution in [0.25, 0.3) is 0 Å². The lowest BCUT2D eigenvalue weighted by Crippen LogP contribution is -2.37. The summed E-state index contributed by atoms with van der Waals surface area (Å²) in [5, 5.41) is 6.20. The van der Waals surface area contributed by atoms with Gasteiger partial charge in [-0.05, 0) is 24.3 Å². The molecule has 0 unspecified atom stereocenters. The van der Waals surface area contributed by atoms with Crippen LogP contribution in [0, 0.1) is 0 Å². The minimum atomic E-state index is -3.56. The highest BCUT2D eigenvalue weighted by Crippen LogP contribution is 2.32. The fourth-order valence-corrected chi connectivity index (χ4v) is 5.00. The van der Waals surface area contributed by atoms with Crippen molar-refractivity contribution in [3.05, 3.63) is 34.7 Å². The van der Waals surface area contributed by atoms with Crippen LogP contribution in [-0.2, 0) is 10.0 Å². The Hall–Kier alpha value is -2.01. The van der Waals surface area contributed by atoms with Crippen molar-refractivity contribution in [3.8, 4) is 11.5 Å². The molecule has 0 radical (unpaired) electrons. The standard InChI is InChI=1S/C17H21ClN4O4S2/c1-19-17(20-7-8-21-28(23,24)16-6-5-15(18)27-16)22-12-3-4-13-14(11-12)26-10-2-9-25-13/h3-6,11,21H,2,7-10H2,1H3,(H2,19,20,22). The van der Waals surface area contributed by atoms with Crippen LogP contribution in [0.3, 0.4) is 0 Å². The summed E-state index contributed by atoms with van der Waals surface area (Å²) in [5.41, 5.74) is 0.783. The van der Waals surface area contributed by atoms with Gasteiger partial charge < -0.3 is 20.1 Å². The molecule has 0 saturated carbocycles. The molecular formula is C17H21ClN4O4S2. The molecule has 0 fully saturated rings. The monoisotopic (exact) mass is 444 g/mol. The Morgan fingerprint density at radius 1 is 1.18 bits per heavy atom. The molecule has 1 aromatic carbocycles. The van der Waals surface area contributed by atoms with Crippen LogP contribution in [-0.4, -0.2) is 47.7 Å². The van der Waals surface area contributed by atoms with Crippen molar-refractivity contribution in [1.29, 1.82) is 0 Å². The molecule has 3 N–H and O–H groups in total. The third-order valence-corrected chi connectivity index (χ3v) is 6.94. The van der Waals surface area contributed by atoms with Gasteiger partial charge in [0.05, 0.1) is 17.6 Å². The number of thiophene rings is 1. The second kappa shape index (κ2) is 9.46. The predicted molar refractivity (Wildman–Crippen MR) is 112 cm³/mol. The summed E-state index contributed by atoms with van der Waals surface area (Å²) >= 11 is 6.81. The van der Waals surface area contributed by atoms with Gasteiger partial charge in [0.1, 0.15) is 4.21 Å². The molecule has 0 aliphatic carbocycles. The van der Waals surface area contributed by atoms with Gasteiger partial charge in [-0.3, -0.25) is 4.99 Å². The number of nitrogens with one attached hydrogen (secondary N) is 3. The molecule has 1 aromatic heterocycles. The maximum Gasteiger partial charge on any atom is 0.250 e. The maximum atomic E-state index is 12.2. The number of hydrogen-bond acceptors (Lipinski definition) is 6. The van der Waals surface area contributed by atoms with Gasteiger partial charge in [-0.25, -0.2) is 13.1 Å². The Labute approximate surface area is 173 Å². The first-order chi connectivity index (χ1) is 13.5. The minimum Gasteiger partial charge on any atom is -0.490 e. The summed E-state index contributed by atoms with van der Waals surface area (Å²) in [7, 11) is -1.93. The Balaban J connectivity index is 1.51. The number of sulfonamides is 1. The highest BCUT2D eigenvalue weighted by atomic mass is 35.5. The summed E-state index contributed by atoms with van der Waals surface area (Å²) < 4.78 is 38.7. The second-order valence-electron chi connectivity index (χ2n) is 5.79. The Kier molecular flexibility index (Phi) is 7.00. The minimum absolute atomic E-state index is 0.187. The summed E-state index contributed by atoms with van der Waals surface area (Å²) in [5.74, 6) is 1.90. The van der Waals surface area contributed by atoms with E-state index in [1.165, 1.54) is 6.07 Å². The number of aliphatic imine (C=N–C) groups is 1. The van der Waals surface area contributed by atoms with Gasteiger partial charge in [0.25, 0.3) is 0 Å². The zero-order valence-corrected chi connectivity index (χ0v) is 17.6. The molecule has 2 heterocycles. The van der Waals surface area contributed by atoms with E-state index in [9.17, 15) is 8.42 Å². The number of benzene rings is 1. The van der Waals surface area contributed by atoms with Crippen molar-refractivity contribution in [3.63, 3.8) is 0 Å². The lowest BCUT2D eigenvalue weighted by molar-refractivity contribution is 0.297. The van der Waals surface area contributed by atoms with E-state index >= 15 is 0 Å². The van der Waals surface area contributed by atoms with Gasteiger partial charge in [-0.2, -0.15) is 0 Å². The molecule has 11 heteroatoms. The average Bonchev–Trinajstić information content (AvgIpc) is 2.99. The molecule has 1 aliphatic heterocycles. The second-order valence-corrected chi connectivity index (χ2v) is 9.50. The summed E-state index contributed by atoms with van der Waals surface area (Å²) in [6.07, 6.45) is 0.842. The molecule has 2 aromatic rings. The third kappa shape index (κ3) is 5.51. The van der Waals surface area contributed by atoms with Crippen LogP contribution < -0.4 is 24.8 Å². The molecule has 0 atom stereocenters. The van der Waals surface area contributed by atoms with E-state index < -0.39 is 10.0 Å². The highest BCUT2D eigenvalue weighted by molar-refractivity contribution is 7.91. The summed E-state index contributed by atoms with van der Waals surface area (Å²) in [4.78, 5) is 4.14. The van der Waals surface area contributed by atoms with Crippen molar-refractivity contribution in [2.24, 2.45) is 4.99 Å². The Morgan fingerprint density at radius 3 is 2.68 bits per heavy atom. The van der Waals surface area contributed by atoms with Gasteiger partial charge in [-0.1, -0.05) is 11.6 Å². The van der Waals surface area contributed by atoms with Gasteiger partial charge in [-0.15, -0.1) is 11.3 Å². The number of ether oxygens (including phenoxy) is 2. The largest absolute Gasteiger partial charge is 0.490 e. The zero-order chi connectivity index (χ0) is 20.0. The fourth-order valence-electron chi connectivity index (χ4n) is 2.44. The van der Waals surface area contributed by atoms with Crippen molar-refractivity contribution < 1.29 is 17.9 Å². The Morgan fingerprint density at radius 2 is 1.96 bits per heavy atom. The molecule has 1 aliphatic rings. The molecule has 8 nitrogen and oxygen atoms in total. The molecule has 3 rings (SSSR count). The molecule has 152 valence electrons. The topological polar surface area (TPSA) is 101 Å². The summed E-state index contributed by atoms with van der Waals surface area (Å²) in [6.45, 7) is 1.79. The van der Waals surface area contributed by atoms with E-state index in [0.29, 0.717) is 41.6 Å². The number of anilines is 1. The van der Waals surface area contributed by atoms with E-state index in [-0.39, 0.29) is 10.8 Å². The summed E-state index contributed by atoms with van der Waals surface area (Å²) in [6, 6.07) is 8.59. The van der Waals surface area contributed by atoms with Crippen molar-refractivity contribution in [2.75, 3.05) is 38.7 Å². The van der Waals surface area contributed by atoms with Crippen LogP contribution in [0.2, 0.25) is 4.34 Å². The fraction of sp³-hybridized carbons (Fsp3) is 0.353. The van der Waals surface area contributed by atoms with Gasteiger partial charge >= 0.3 is 0 Å². The van der Waals surface area contributed by atoms with E-state index in [2.05, 4.69) is 20.3 Å². The molecule has 0 bridgehead atoms. The molecule has 0 amide bonds. The number of halogens is 1. The highest BCUT2D eigenvalue weighted by Gasteiger charge is 2.16. The maximum absolute atomic E-state index is 12.2. The lowest BCUT2D eigenvalue weighted by atomic mass is 10.3. The Bertz CT molecular complexity index is 946. The van der Waals surface area contributed by atoms with Gasteiger partial charge in [0.2, 0.25) is 10.0 Å². The van der Waals surface area contributed by atoms with Crippen molar-refractivity contribution >= 4 is 44.6 Å². The van der Waals surface area contributed by atoms with E-state index in [4.69, 9.17) is 21.1 Å². The van der Waals surface area contributed by atoms with E-state index in [1.54, 1.807) is 13.1 Å². The molecule has 28 heavy (non-hydrogen) atoms. The first-order valence-corrected chi connectivity index (χ1v) is 11.3. The first-order valence-electron chi connectivity index (χ1n) is 8.60. The average molecular weight is 445 g/mol. The number of fused-ring (bicyclic) bond motifs is 1. The van der Waals surface area contributed by atoms with E-state index in [1.807, 2.05) is 18.2 Å². The van der Waals surface area contributed by atoms with Crippen LogP contribution >= 0.6 is 22.9 Å². The number of hydrogen-bond donors (Lipinski definition) is 3. The SMILES string of the molecule is CN=C(NCCNS(=O)(=O)c1ccc(Cl)s1)Nc1ccc2c(c1)OCCCO2. The number of guanidine groups is 1. The smallest absolute Gasteiger partial charge is 0.250 e. The molecule has 0 spiro atoms. The van der Waals surface area contributed by atoms with Crippen LogP contribution in [0.5, 0.6) is 11.5 Å². The van der Waals surface area contributed by atoms with Crippen molar-refractivity contribution in [1.82, 2.24) is 10.0 Å². The number of rotatable bonds is 6. The normalized spacial score (nSPS) is 14.4. The quantitative estimate of drug-likeness (QED) is 0.359. The van der Waals surface area contributed by atoms with Crippen LogP contribution in [0.15, 0.2) is 39.5 Å². The van der Waals surface area contributed by atoms with Crippen LogP contribution in [0.1, 0.15) is 6.42 Å². The third-order valence-electron chi connectivity index (χ3n) is 3.76. The number of nitrogens with zero attached hydrogens (tertiary/aromatic N) is 1. The van der Waals surface area contributed by atoms with Crippen LogP contribution in [0.4, 0.5) is 5.69 Å². The van der Waals surface area contributed by atoms with Gasteiger partial charge in [0.15, 0.2) is 17.5 Å². The first kappa shape index (κ1) is 20.7. The lowest BCUT2D eigenvalue weighted by Gasteiger charge is -2.14. The van der Waals surface area contributed by atoms with Gasteiger partial charge in [0, 0.05) is 38.3 Å². The molecule has 0 saturated heterocycles. The zero-order valence-electron chi connectivity index (χ0n) is 15.2. The predicted octanol–water partition coefficient (Wildman–Crippen LogP) is 2.53. The molecular weight excluding hydrogens is 424 g/mol. The van der Waals surface area contributed by atoms with Crippen molar-refractivity contribution in [2.45, 2.75) is 10.6 Å². The van der Waals surface area contributed by atoms with E-state index in [0.717, 1.165) is 23.4 Å².